The number of pyridine rings is 1. The van der Waals surface area contributed by atoms with Gasteiger partial charge in [-0.15, -0.1) is 0 Å². The topological polar surface area (TPSA) is 56.6 Å². The van der Waals surface area contributed by atoms with Gasteiger partial charge in [0.2, 0.25) is 20.2 Å². The number of fused-ring (bicyclic) bond motifs is 1. The van der Waals surface area contributed by atoms with E-state index in [0.717, 1.165) is 36.0 Å². The largest absolute Gasteiger partial charge is 0.543 e. The summed E-state index contributed by atoms with van der Waals surface area (Å²) >= 11 is 0. The van der Waals surface area contributed by atoms with Crippen LogP contribution in [0, 0.1) is 11.4 Å². The van der Waals surface area contributed by atoms with Crippen molar-refractivity contribution in [1.82, 2.24) is 9.55 Å². The predicted molar refractivity (Wildman–Crippen MR) is 160 cm³/mol. The molecule has 0 spiro atoms. The minimum atomic E-state index is -2.05. The van der Waals surface area contributed by atoms with Gasteiger partial charge in [0.1, 0.15) is 11.6 Å². The van der Waals surface area contributed by atoms with Gasteiger partial charge in [-0.25, -0.2) is 4.98 Å². The van der Waals surface area contributed by atoms with Crippen LogP contribution in [0.5, 0.6) is 5.75 Å². The Kier molecular flexibility index (Phi) is 8.03. The molecule has 0 radical (unpaired) electrons. The quantitative estimate of drug-likeness (QED) is 0.229. The lowest BCUT2D eigenvalue weighted by Crippen LogP contribution is -2.43. The second-order valence-corrected chi connectivity index (χ2v) is 18.3. The van der Waals surface area contributed by atoms with Gasteiger partial charge in [-0.05, 0) is 72.8 Å². The van der Waals surface area contributed by atoms with E-state index in [2.05, 4.69) is 43.7 Å². The maximum atomic E-state index is 15.7. The molecule has 1 aliphatic rings. The summed E-state index contributed by atoms with van der Waals surface area (Å²) in [6.45, 7) is 18.6. The maximum absolute atomic E-state index is 15.7. The minimum absolute atomic E-state index is 0.0515. The summed E-state index contributed by atoms with van der Waals surface area (Å²) in [6, 6.07) is 11.3. The highest BCUT2D eigenvalue weighted by Crippen LogP contribution is 2.39. The SMILES string of the molecule is CO[C@H]1CCCN(c2ccc(-c3cc4cc(O[Si](C)(C)C(C)(C)C)ccc4n3C(=O)CC(C)(C)C)c(F)n2)C1. The molecular formula is C31H44FN3O3Si. The van der Waals surface area contributed by atoms with Gasteiger partial charge in [-0.2, -0.15) is 4.39 Å². The summed E-state index contributed by atoms with van der Waals surface area (Å²) in [5.41, 5.74) is 1.34. The molecule has 2 aromatic heterocycles. The number of hydrogen-bond acceptors (Lipinski definition) is 5. The fraction of sp³-hybridized carbons (Fsp3) is 0.548. The van der Waals surface area contributed by atoms with Gasteiger partial charge < -0.3 is 14.1 Å². The molecule has 1 atom stereocenters. The monoisotopic (exact) mass is 553 g/mol. The van der Waals surface area contributed by atoms with Crippen molar-refractivity contribution in [3.63, 3.8) is 0 Å². The fourth-order valence-corrected chi connectivity index (χ4v) is 5.86. The number of methoxy groups -OCH3 is 1. The number of carbonyl (C=O) groups is 1. The molecule has 3 aromatic rings. The Morgan fingerprint density at radius 3 is 2.44 bits per heavy atom. The van der Waals surface area contributed by atoms with Crippen molar-refractivity contribution in [3.05, 3.63) is 42.3 Å². The zero-order valence-electron chi connectivity index (χ0n) is 25.0. The van der Waals surface area contributed by atoms with E-state index in [-0.39, 0.29) is 22.5 Å². The van der Waals surface area contributed by atoms with Crippen LogP contribution in [0.4, 0.5) is 10.2 Å². The number of nitrogens with zero attached hydrogens (tertiary/aromatic N) is 3. The van der Waals surface area contributed by atoms with Crippen LogP contribution in [0.25, 0.3) is 22.2 Å². The van der Waals surface area contributed by atoms with Crippen LogP contribution in [0.3, 0.4) is 0 Å². The Balaban J connectivity index is 1.78. The average Bonchev–Trinajstić information content (AvgIpc) is 3.20. The van der Waals surface area contributed by atoms with Crippen LogP contribution in [-0.4, -0.2) is 50.1 Å². The molecule has 1 fully saturated rings. The molecule has 39 heavy (non-hydrogen) atoms. The summed E-state index contributed by atoms with van der Waals surface area (Å²) in [5, 5.41) is 0.890. The van der Waals surface area contributed by atoms with Crippen LogP contribution in [-0.2, 0) is 4.74 Å². The Morgan fingerprint density at radius 2 is 1.82 bits per heavy atom. The van der Waals surface area contributed by atoms with Crippen molar-refractivity contribution in [1.29, 1.82) is 0 Å². The van der Waals surface area contributed by atoms with Crippen molar-refractivity contribution in [2.45, 2.75) is 85.0 Å². The number of anilines is 1. The number of halogens is 1. The Morgan fingerprint density at radius 1 is 1.10 bits per heavy atom. The first kappa shape index (κ1) is 29.3. The van der Waals surface area contributed by atoms with Crippen molar-refractivity contribution < 1.29 is 18.3 Å². The molecule has 8 heteroatoms. The fourth-order valence-electron chi connectivity index (χ4n) is 4.83. The summed E-state index contributed by atoms with van der Waals surface area (Å²) in [4.78, 5) is 20.0. The zero-order valence-corrected chi connectivity index (χ0v) is 26.0. The summed E-state index contributed by atoms with van der Waals surface area (Å²) in [7, 11) is -0.345. The lowest BCUT2D eigenvalue weighted by Gasteiger charge is -2.36. The molecule has 0 aliphatic carbocycles. The molecule has 3 heterocycles. The van der Waals surface area contributed by atoms with Crippen LogP contribution >= 0.6 is 0 Å². The van der Waals surface area contributed by atoms with Crippen LogP contribution < -0.4 is 9.33 Å². The molecule has 1 aliphatic heterocycles. The van der Waals surface area contributed by atoms with E-state index in [0.29, 0.717) is 30.0 Å². The molecule has 1 aromatic carbocycles. The van der Waals surface area contributed by atoms with E-state index in [4.69, 9.17) is 9.16 Å². The van der Waals surface area contributed by atoms with Gasteiger partial charge in [0.05, 0.1) is 22.9 Å². The van der Waals surface area contributed by atoms with E-state index < -0.39 is 14.3 Å². The van der Waals surface area contributed by atoms with Gasteiger partial charge >= 0.3 is 0 Å². The molecule has 6 nitrogen and oxygen atoms in total. The third-order valence-corrected chi connectivity index (χ3v) is 12.4. The maximum Gasteiger partial charge on any atom is 0.250 e. The zero-order chi connectivity index (χ0) is 28.8. The highest BCUT2D eigenvalue weighted by Gasteiger charge is 2.39. The third-order valence-electron chi connectivity index (χ3n) is 8.03. The van der Waals surface area contributed by atoms with Gasteiger partial charge in [0.15, 0.2) is 0 Å². The molecule has 0 unspecified atom stereocenters. The first-order valence-electron chi connectivity index (χ1n) is 13.9. The lowest BCUT2D eigenvalue weighted by molar-refractivity contribution is 0.0863. The van der Waals surface area contributed by atoms with Crippen molar-refractivity contribution in [3.8, 4) is 17.0 Å². The highest BCUT2D eigenvalue weighted by atomic mass is 28.4. The standard InChI is InChI=1S/C31H44FN3O3Si/c1-30(2,3)19-28(36)35-25-14-12-22(38-39(8,9)31(4,5)6)17-21(25)18-26(35)24-13-15-27(33-29(24)32)34-16-10-11-23(20-34)37-7/h12-15,17-18,23H,10-11,16,19-20H2,1-9H3/t23-/m0/s1. The van der Waals surface area contributed by atoms with Gasteiger partial charge in [-0.3, -0.25) is 9.36 Å². The summed E-state index contributed by atoms with van der Waals surface area (Å²) < 4.78 is 29.4. The number of carbonyl (C=O) groups excluding carboxylic acids is 1. The minimum Gasteiger partial charge on any atom is -0.543 e. The summed E-state index contributed by atoms with van der Waals surface area (Å²) in [6.07, 6.45) is 2.40. The molecule has 0 amide bonds. The first-order valence-corrected chi connectivity index (χ1v) is 16.8. The Bertz CT molecular complexity index is 1350. The Labute approximate surface area is 233 Å². The number of hydrogen-bond donors (Lipinski definition) is 0. The van der Waals surface area contributed by atoms with Gasteiger partial charge in [-0.1, -0.05) is 41.5 Å². The van der Waals surface area contributed by atoms with Crippen molar-refractivity contribution >= 4 is 30.9 Å². The van der Waals surface area contributed by atoms with E-state index in [1.807, 2.05) is 51.1 Å². The average molecular weight is 554 g/mol. The predicted octanol–water partition coefficient (Wildman–Crippen LogP) is 7.92. The van der Waals surface area contributed by atoms with E-state index in [1.54, 1.807) is 17.7 Å². The number of aromatic nitrogens is 2. The Hall–Kier alpha value is -2.71. The number of ether oxygens (including phenoxy) is 1. The van der Waals surface area contributed by atoms with Gasteiger partial charge in [0.25, 0.3) is 0 Å². The van der Waals surface area contributed by atoms with Gasteiger partial charge in [0, 0.05) is 32.0 Å². The van der Waals surface area contributed by atoms with E-state index in [1.165, 1.54) is 0 Å². The summed E-state index contributed by atoms with van der Waals surface area (Å²) in [5.74, 6) is 0.699. The third kappa shape index (κ3) is 6.38. The molecule has 0 bridgehead atoms. The molecule has 1 saturated heterocycles. The number of piperidine rings is 1. The highest BCUT2D eigenvalue weighted by molar-refractivity contribution is 6.74. The van der Waals surface area contributed by atoms with E-state index in [9.17, 15) is 4.79 Å². The van der Waals surface area contributed by atoms with Crippen LogP contribution in [0.2, 0.25) is 18.1 Å². The first-order chi connectivity index (χ1) is 18.1. The molecule has 212 valence electrons. The molecular weight excluding hydrogens is 509 g/mol. The lowest BCUT2D eigenvalue weighted by atomic mass is 9.92. The normalized spacial score (nSPS) is 17.1. The van der Waals surface area contributed by atoms with E-state index >= 15 is 4.39 Å². The van der Waals surface area contributed by atoms with Crippen molar-refractivity contribution in [2.24, 2.45) is 5.41 Å². The van der Waals surface area contributed by atoms with Crippen LogP contribution in [0.1, 0.15) is 65.6 Å². The number of benzene rings is 1. The second kappa shape index (κ2) is 10.7. The van der Waals surface area contributed by atoms with Crippen molar-refractivity contribution in [2.75, 3.05) is 25.1 Å². The second-order valence-electron chi connectivity index (χ2n) is 13.5. The molecule has 0 saturated carbocycles. The smallest absolute Gasteiger partial charge is 0.250 e. The van der Waals surface area contributed by atoms with Crippen LogP contribution in [0.15, 0.2) is 36.4 Å². The molecule has 0 N–H and O–H groups in total. The number of rotatable bonds is 6. The molecule has 4 rings (SSSR count).